The average Bonchev–Trinajstić information content (AvgIpc) is 3.38. The van der Waals surface area contributed by atoms with E-state index in [2.05, 4.69) is 13.8 Å². The Morgan fingerprint density at radius 2 is 1.92 bits per heavy atom. The van der Waals surface area contributed by atoms with Crippen LogP contribution in [-0.2, 0) is 16.0 Å². The van der Waals surface area contributed by atoms with Crippen LogP contribution >= 0.6 is 0 Å². The van der Waals surface area contributed by atoms with Gasteiger partial charge >= 0.3 is 0 Å². The van der Waals surface area contributed by atoms with Gasteiger partial charge in [-0.15, -0.1) is 0 Å². The number of fused-ring (bicyclic) bond motifs is 1. The fourth-order valence-electron chi connectivity index (χ4n) is 5.24. The number of carbonyl (C=O) groups excluding carboxylic acids is 2. The molecule has 0 bridgehead atoms. The van der Waals surface area contributed by atoms with Crippen LogP contribution in [0.1, 0.15) is 56.8 Å². The van der Waals surface area contributed by atoms with Crippen LogP contribution in [0.25, 0.3) is 5.76 Å². The minimum atomic E-state index is -0.859. The molecular formula is C29H36N2O6. The van der Waals surface area contributed by atoms with E-state index in [1.54, 1.807) is 37.3 Å². The zero-order chi connectivity index (χ0) is 26.7. The monoisotopic (exact) mass is 508 g/mol. The van der Waals surface area contributed by atoms with E-state index in [0.717, 1.165) is 30.9 Å². The molecule has 198 valence electrons. The minimum absolute atomic E-state index is 0.0212. The van der Waals surface area contributed by atoms with Crippen LogP contribution in [0.4, 0.5) is 0 Å². The highest BCUT2D eigenvalue weighted by Gasteiger charge is 2.44. The molecule has 1 fully saturated rings. The maximum atomic E-state index is 13.8. The number of ether oxygens (including phenoxy) is 2. The van der Waals surface area contributed by atoms with Gasteiger partial charge < -0.3 is 29.5 Å². The molecule has 2 N–H and O–H groups in total. The third-order valence-corrected chi connectivity index (χ3v) is 7.22. The van der Waals surface area contributed by atoms with Crippen LogP contribution in [0.5, 0.6) is 17.2 Å². The van der Waals surface area contributed by atoms with Gasteiger partial charge in [0.2, 0.25) is 5.78 Å². The molecule has 2 aliphatic rings. The number of nitrogens with one attached hydrogen (secondary N) is 1. The number of rotatable bonds is 10. The zero-order valence-corrected chi connectivity index (χ0v) is 22.0. The summed E-state index contributed by atoms with van der Waals surface area (Å²) in [5.41, 5.74) is 1.75. The summed E-state index contributed by atoms with van der Waals surface area (Å²) >= 11 is 0. The number of Topliss-reactive ketones (excluding diaryl/α,β-unsaturated/α-hetero) is 1. The lowest BCUT2D eigenvalue weighted by Crippen LogP contribution is -3.11. The number of quaternary nitrogens is 1. The number of nitrogens with zero attached hydrogens (tertiary/aromatic N) is 1. The first-order valence-electron chi connectivity index (χ1n) is 13.1. The first-order chi connectivity index (χ1) is 17.8. The molecule has 2 atom stereocenters. The number of benzene rings is 2. The summed E-state index contributed by atoms with van der Waals surface area (Å²) in [4.78, 5) is 29.5. The standard InChI is InChI=1S/C29H36N2O6/c1-5-30(6-2)13-8-14-31-26(19-9-11-22(32)24(17-19)36-7-3)25(28(34)29(31)35)27(33)20-10-12-23-21(16-20)15-18(4)37-23/h9-12,16-18,26,32-33H,5-8,13-15H2,1-4H3. The van der Waals surface area contributed by atoms with Crippen LogP contribution in [0.3, 0.4) is 0 Å². The smallest absolute Gasteiger partial charge is 0.295 e. The molecule has 0 saturated carbocycles. The fraction of sp³-hybridized carbons (Fsp3) is 0.448. The van der Waals surface area contributed by atoms with Gasteiger partial charge in [-0.1, -0.05) is 17.9 Å². The summed E-state index contributed by atoms with van der Waals surface area (Å²) < 4.78 is 11.3. The van der Waals surface area contributed by atoms with Gasteiger partial charge in [-0.25, -0.2) is 0 Å². The Bertz CT molecular complexity index is 1200. The topological polar surface area (TPSA) is 104 Å². The van der Waals surface area contributed by atoms with Crippen molar-refractivity contribution >= 4 is 17.4 Å². The average molecular weight is 509 g/mol. The normalized spacial score (nSPS) is 20.4. The molecule has 2 aromatic rings. The SMILES string of the molecule is CCOc1cc(C2C(=C([O-])c3ccc4c(c3)CC(C)O4)C(=O)C(=O)N2CCC[NH+](CC)CC)ccc1O. The van der Waals surface area contributed by atoms with Crippen molar-refractivity contribution in [3.63, 3.8) is 0 Å². The highest BCUT2D eigenvalue weighted by Crippen LogP contribution is 2.42. The van der Waals surface area contributed by atoms with Crippen molar-refractivity contribution in [3.8, 4) is 17.2 Å². The second-order valence-corrected chi connectivity index (χ2v) is 9.65. The summed E-state index contributed by atoms with van der Waals surface area (Å²) in [7, 11) is 0. The van der Waals surface area contributed by atoms with E-state index in [1.807, 2.05) is 6.92 Å². The highest BCUT2D eigenvalue weighted by atomic mass is 16.5. The van der Waals surface area contributed by atoms with E-state index in [9.17, 15) is 19.8 Å². The van der Waals surface area contributed by atoms with Gasteiger partial charge in [0.05, 0.1) is 32.3 Å². The van der Waals surface area contributed by atoms with Gasteiger partial charge in [-0.05, 0) is 68.7 Å². The van der Waals surface area contributed by atoms with E-state index >= 15 is 0 Å². The molecule has 2 aliphatic heterocycles. The number of phenols is 1. The number of carbonyl (C=O) groups is 2. The van der Waals surface area contributed by atoms with E-state index in [0.29, 0.717) is 37.1 Å². The van der Waals surface area contributed by atoms with Crippen molar-refractivity contribution in [2.45, 2.75) is 52.7 Å². The van der Waals surface area contributed by atoms with Crippen molar-refractivity contribution < 1.29 is 34.2 Å². The van der Waals surface area contributed by atoms with Gasteiger partial charge in [0.1, 0.15) is 11.9 Å². The third-order valence-electron chi connectivity index (χ3n) is 7.22. The lowest BCUT2D eigenvalue weighted by molar-refractivity contribution is -0.896. The molecule has 2 unspecified atom stereocenters. The van der Waals surface area contributed by atoms with E-state index < -0.39 is 23.5 Å². The molecule has 4 rings (SSSR count). The Balaban J connectivity index is 1.77. The molecular weight excluding hydrogens is 472 g/mol. The predicted octanol–water partition coefficient (Wildman–Crippen LogP) is 1.65. The Morgan fingerprint density at radius 1 is 1.16 bits per heavy atom. The third kappa shape index (κ3) is 5.30. The quantitative estimate of drug-likeness (QED) is 0.287. The zero-order valence-electron chi connectivity index (χ0n) is 22.0. The highest BCUT2D eigenvalue weighted by molar-refractivity contribution is 6.46. The molecule has 1 saturated heterocycles. The molecule has 8 heteroatoms. The maximum Gasteiger partial charge on any atom is 0.295 e. The van der Waals surface area contributed by atoms with Gasteiger partial charge in [-0.3, -0.25) is 9.59 Å². The lowest BCUT2D eigenvalue weighted by Gasteiger charge is -2.28. The molecule has 2 aromatic carbocycles. The molecule has 8 nitrogen and oxygen atoms in total. The maximum absolute atomic E-state index is 13.8. The van der Waals surface area contributed by atoms with Crippen LogP contribution in [-0.4, -0.2) is 60.6 Å². The minimum Gasteiger partial charge on any atom is -0.872 e. The largest absolute Gasteiger partial charge is 0.872 e. The van der Waals surface area contributed by atoms with Crippen molar-refractivity contribution in [1.29, 1.82) is 0 Å². The number of hydrogen-bond acceptors (Lipinski definition) is 6. The Labute approximate surface area is 218 Å². The number of ketones is 1. The number of likely N-dealkylation sites (tertiary alicyclic amines) is 1. The van der Waals surface area contributed by atoms with Gasteiger partial charge in [-0.2, -0.15) is 0 Å². The molecule has 0 aromatic heterocycles. The second-order valence-electron chi connectivity index (χ2n) is 9.65. The van der Waals surface area contributed by atoms with Crippen molar-refractivity contribution in [3.05, 3.63) is 58.7 Å². The predicted molar refractivity (Wildman–Crippen MR) is 137 cm³/mol. The van der Waals surface area contributed by atoms with Gasteiger partial charge in [0, 0.05) is 25.0 Å². The summed E-state index contributed by atoms with van der Waals surface area (Å²) in [5, 5.41) is 24.0. The lowest BCUT2D eigenvalue weighted by atomic mass is 9.94. The Hall–Kier alpha value is -3.52. The first-order valence-corrected chi connectivity index (χ1v) is 13.1. The van der Waals surface area contributed by atoms with Crippen molar-refractivity contribution in [2.24, 2.45) is 0 Å². The number of aromatic hydroxyl groups is 1. The fourth-order valence-corrected chi connectivity index (χ4v) is 5.24. The van der Waals surface area contributed by atoms with Gasteiger partial charge in [0.25, 0.3) is 5.91 Å². The van der Waals surface area contributed by atoms with Crippen molar-refractivity contribution in [1.82, 2.24) is 4.90 Å². The Morgan fingerprint density at radius 3 is 2.62 bits per heavy atom. The Kier molecular flexibility index (Phi) is 8.07. The summed E-state index contributed by atoms with van der Waals surface area (Å²) in [6.07, 6.45) is 1.39. The van der Waals surface area contributed by atoms with Gasteiger partial charge in [0.15, 0.2) is 11.5 Å². The number of phenolic OH excluding ortho intramolecular Hbond substituents is 1. The molecule has 0 radical (unpaired) electrons. The molecule has 0 spiro atoms. The summed E-state index contributed by atoms with van der Waals surface area (Å²) in [6, 6.07) is 9.03. The van der Waals surface area contributed by atoms with E-state index in [4.69, 9.17) is 9.47 Å². The van der Waals surface area contributed by atoms with Crippen LogP contribution in [0.2, 0.25) is 0 Å². The van der Waals surface area contributed by atoms with Crippen molar-refractivity contribution in [2.75, 3.05) is 32.8 Å². The second kappa shape index (κ2) is 11.3. The summed E-state index contributed by atoms with van der Waals surface area (Å²) in [6.45, 7) is 11.5. The molecule has 37 heavy (non-hydrogen) atoms. The molecule has 0 aliphatic carbocycles. The molecule has 1 amide bonds. The first kappa shape index (κ1) is 26.5. The summed E-state index contributed by atoms with van der Waals surface area (Å²) in [5.74, 6) is -0.977. The molecule has 2 heterocycles. The number of hydrogen-bond donors (Lipinski definition) is 2. The van der Waals surface area contributed by atoms with E-state index in [1.165, 1.54) is 15.9 Å². The van der Waals surface area contributed by atoms with Crippen LogP contribution < -0.4 is 19.5 Å². The van der Waals surface area contributed by atoms with Crippen LogP contribution in [0, 0.1) is 0 Å². The van der Waals surface area contributed by atoms with E-state index in [-0.39, 0.29) is 23.2 Å². The number of amides is 1. The van der Waals surface area contributed by atoms with Crippen LogP contribution in [0.15, 0.2) is 42.0 Å².